The van der Waals surface area contributed by atoms with Crippen molar-refractivity contribution < 1.29 is 9.47 Å². The van der Waals surface area contributed by atoms with Gasteiger partial charge in [-0.15, -0.1) is 10.2 Å². The third-order valence-electron chi connectivity index (χ3n) is 5.19. The monoisotopic (exact) mass is 472 g/mol. The van der Waals surface area contributed by atoms with Crippen LogP contribution in [-0.2, 0) is 15.9 Å². The Morgan fingerprint density at radius 3 is 2.09 bits per heavy atom. The Balaban J connectivity index is 2.45. The Morgan fingerprint density at radius 1 is 0.941 bits per heavy atom. The minimum Gasteiger partial charge on any atom is -0.386 e. The van der Waals surface area contributed by atoms with Gasteiger partial charge in [0.25, 0.3) is 6.71 Å². The van der Waals surface area contributed by atoms with Crippen LogP contribution in [0.25, 0.3) is 0 Å². The van der Waals surface area contributed by atoms with Crippen molar-refractivity contribution >= 4 is 18.4 Å². The van der Waals surface area contributed by atoms with Crippen LogP contribution in [0, 0.1) is 11.2 Å². The standard InChI is InChI=1S/C23H41BN8O2/c1-20(28)30-31-23(29)22-6-4-21(5-7-22)3-2-8-24(19-27)9-12-32(13-17-33-15-10-25)14-18-34-16-11-26/h4-7H,2-3,8-18,25-26H2,1H3,(H2,28,30)(H2,29,31). The molecular weight excluding hydrogens is 431 g/mol. The van der Waals surface area contributed by atoms with Crippen LogP contribution in [0.3, 0.4) is 0 Å². The maximum atomic E-state index is 9.62. The fourth-order valence-corrected chi connectivity index (χ4v) is 3.29. The molecule has 8 N–H and O–H groups in total. The third-order valence-corrected chi connectivity index (χ3v) is 5.19. The van der Waals surface area contributed by atoms with Crippen molar-refractivity contribution in [2.24, 2.45) is 33.1 Å². The van der Waals surface area contributed by atoms with E-state index in [2.05, 4.69) is 21.1 Å². The van der Waals surface area contributed by atoms with Gasteiger partial charge in [0.1, 0.15) is 5.84 Å². The molecule has 0 aromatic heterocycles. The second kappa shape index (κ2) is 18.9. The first-order chi connectivity index (χ1) is 16.5. The van der Waals surface area contributed by atoms with E-state index >= 15 is 0 Å². The van der Waals surface area contributed by atoms with Gasteiger partial charge in [0.05, 0.1) is 26.4 Å². The second-order valence-corrected chi connectivity index (χ2v) is 8.07. The molecule has 10 nitrogen and oxygen atoms in total. The molecule has 11 heteroatoms. The van der Waals surface area contributed by atoms with E-state index in [4.69, 9.17) is 32.4 Å². The van der Waals surface area contributed by atoms with Gasteiger partial charge in [0, 0.05) is 37.7 Å². The molecule has 0 unspecified atom stereocenters. The number of aryl methyl sites for hydroxylation is 1. The number of hydrogen-bond acceptors (Lipinski definition) is 8. The lowest BCUT2D eigenvalue weighted by molar-refractivity contribution is 0.0814. The Bertz CT molecular complexity index is 751. The van der Waals surface area contributed by atoms with Gasteiger partial charge in [-0.3, -0.25) is 4.90 Å². The van der Waals surface area contributed by atoms with E-state index in [0.29, 0.717) is 51.2 Å². The normalized spacial score (nSPS) is 12.2. The molecule has 0 saturated carbocycles. The number of benzene rings is 1. The van der Waals surface area contributed by atoms with E-state index in [1.807, 2.05) is 24.3 Å². The SMILES string of the molecule is C/C(N)=N/N=C(\N)c1ccc(CCCB(C#N)CCN(CCOCCN)CCOCCN)cc1. The molecule has 1 aromatic carbocycles. The first kappa shape index (κ1) is 29.5. The van der Waals surface area contributed by atoms with Crippen molar-refractivity contribution in [3.05, 3.63) is 35.4 Å². The van der Waals surface area contributed by atoms with Crippen LogP contribution in [0.4, 0.5) is 0 Å². The molecule has 0 heterocycles. The van der Waals surface area contributed by atoms with Crippen molar-refractivity contribution in [2.45, 2.75) is 32.4 Å². The van der Waals surface area contributed by atoms with E-state index < -0.39 is 0 Å². The quantitative estimate of drug-likeness (QED) is 0.0737. The second-order valence-electron chi connectivity index (χ2n) is 8.07. The largest absolute Gasteiger partial charge is 0.386 e. The molecule has 0 aliphatic carbocycles. The minimum absolute atomic E-state index is 0.0110. The van der Waals surface area contributed by atoms with Gasteiger partial charge in [-0.2, -0.15) is 0 Å². The van der Waals surface area contributed by atoms with Crippen LogP contribution in [0.1, 0.15) is 24.5 Å². The van der Waals surface area contributed by atoms with E-state index in [1.165, 1.54) is 5.56 Å². The maximum absolute atomic E-state index is 9.62. The Hall–Kier alpha value is -2.49. The lowest BCUT2D eigenvalue weighted by atomic mass is 9.46. The summed E-state index contributed by atoms with van der Waals surface area (Å²) in [6.45, 7) is 7.46. The average molecular weight is 472 g/mol. The van der Waals surface area contributed by atoms with Crippen molar-refractivity contribution in [1.29, 1.82) is 5.26 Å². The highest BCUT2D eigenvalue weighted by Gasteiger charge is 2.16. The molecule has 188 valence electrons. The van der Waals surface area contributed by atoms with E-state index in [9.17, 15) is 5.26 Å². The zero-order chi connectivity index (χ0) is 25.0. The molecule has 0 atom stereocenters. The topological polar surface area (TPSA) is 174 Å². The molecule has 0 aliphatic heterocycles. The lowest BCUT2D eigenvalue weighted by Gasteiger charge is -2.22. The number of hydrogen-bond donors (Lipinski definition) is 4. The number of rotatable bonds is 19. The van der Waals surface area contributed by atoms with Crippen molar-refractivity contribution in [2.75, 3.05) is 59.2 Å². The summed E-state index contributed by atoms with van der Waals surface area (Å²) in [4.78, 5) is 2.28. The van der Waals surface area contributed by atoms with E-state index in [1.54, 1.807) is 6.92 Å². The molecule has 0 fully saturated rings. The third kappa shape index (κ3) is 13.9. The molecule has 0 amide bonds. The summed E-state index contributed by atoms with van der Waals surface area (Å²) in [6.07, 6.45) is 3.51. The van der Waals surface area contributed by atoms with Crippen molar-refractivity contribution in [1.82, 2.24) is 4.90 Å². The Labute approximate surface area is 204 Å². The molecule has 0 radical (unpaired) electrons. The van der Waals surface area contributed by atoms with Gasteiger partial charge in [-0.1, -0.05) is 37.0 Å². The van der Waals surface area contributed by atoms with Gasteiger partial charge in [0.2, 0.25) is 0 Å². The van der Waals surface area contributed by atoms with Gasteiger partial charge >= 0.3 is 0 Å². The van der Waals surface area contributed by atoms with Crippen LogP contribution < -0.4 is 22.9 Å². The maximum Gasteiger partial charge on any atom is 0.269 e. The fraction of sp³-hybridized carbons (Fsp3) is 0.609. The van der Waals surface area contributed by atoms with Gasteiger partial charge in [-0.05, 0) is 31.8 Å². The summed E-state index contributed by atoms with van der Waals surface area (Å²) >= 11 is 0. The van der Waals surface area contributed by atoms with Gasteiger partial charge < -0.3 is 32.4 Å². The molecule has 0 spiro atoms. The summed E-state index contributed by atoms with van der Waals surface area (Å²) in [5, 5.41) is 17.3. The first-order valence-corrected chi connectivity index (χ1v) is 11.9. The summed E-state index contributed by atoms with van der Waals surface area (Å²) < 4.78 is 11.0. The number of nitrogens with two attached hydrogens (primary N) is 4. The molecule has 0 bridgehead atoms. The van der Waals surface area contributed by atoms with Crippen LogP contribution in [0.2, 0.25) is 12.6 Å². The van der Waals surface area contributed by atoms with Gasteiger partial charge in [0.15, 0.2) is 5.84 Å². The van der Waals surface area contributed by atoms with Crippen LogP contribution in [-0.4, -0.2) is 82.4 Å². The van der Waals surface area contributed by atoms with Crippen LogP contribution in [0.5, 0.6) is 0 Å². The molecule has 1 aromatic rings. The van der Waals surface area contributed by atoms with E-state index in [0.717, 1.165) is 50.7 Å². The highest BCUT2D eigenvalue weighted by Crippen LogP contribution is 2.12. The summed E-state index contributed by atoms with van der Waals surface area (Å²) in [5.74, 6) is 3.15. The predicted octanol–water partition coefficient (Wildman–Crippen LogP) is 0.427. The van der Waals surface area contributed by atoms with Crippen LogP contribution >= 0.6 is 0 Å². The minimum atomic E-state index is 0.0110. The summed E-state index contributed by atoms with van der Waals surface area (Å²) in [6, 6.07) is 7.91. The number of nitrogens with zero attached hydrogens (tertiary/aromatic N) is 4. The number of nitriles is 1. The zero-order valence-corrected chi connectivity index (χ0v) is 20.5. The van der Waals surface area contributed by atoms with E-state index in [-0.39, 0.29) is 6.71 Å². The molecule has 0 aliphatic rings. The highest BCUT2D eigenvalue weighted by molar-refractivity contribution is 6.66. The fourth-order valence-electron chi connectivity index (χ4n) is 3.29. The van der Waals surface area contributed by atoms with Crippen molar-refractivity contribution in [3.63, 3.8) is 0 Å². The first-order valence-electron chi connectivity index (χ1n) is 11.9. The molecule has 1 rings (SSSR count). The highest BCUT2D eigenvalue weighted by atomic mass is 16.5. The molecular formula is C23H41BN8O2. The number of amidine groups is 2. The summed E-state index contributed by atoms with van der Waals surface area (Å²) in [5.41, 5.74) is 24.4. The zero-order valence-electron chi connectivity index (χ0n) is 20.5. The molecule has 34 heavy (non-hydrogen) atoms. The lowest BCUT2D eigenvalue weighted by Crippen LogP contribution is -2.34. The molecule has 0 saturated heterocycles. The Morgan fingerprint density at radius 2 is 1.56 bits per heavy atom. The van der Waals surface area contributed by atoms with Gasteiger partial charge in [-0.25, -0.2) is 5.26 Å². The average Bonchev–Trinajstić information content (AvgIpc) is 2.84. The Kier molecular flexibility index (Phi) is 16.4. The summed E-state index contributed by atoms with van der Waals surface area (Å²) in [7, 11) is 0. The number of ether oxygens (including phenoxy) is 2. The smallest absolute Gasteiger partial charge is 0.269 e. The van der Waals surface area contributed by atoms with Crippen LogP contribution in [0.15, 0.2) is 34.5 Å². The van der Waals surface area contributed by atoms with Crippen molar-refractivity contribution in [3.8, 4) is 5.97 Å². The predicted molar refractivity (Wildman–Crippen MR) is 140 cm³/mol.